The highest BCUT2D eigenvalue weighted by Crippen LogP contribution is 2.48. The fraction of sp³-hybridized carbons (Fsp3) is 0. The first kappa shape index (κ1) is 35.2. The summed E-state index contributed by atoms with van der Waals surface area (Å²) in [6, 6.07) is 68.8. The minimum atomic E-state index is 0.589. The minimum Gasteiger partial charge on any atom is -0.307 e. The van der Waals surface area contributed by atoms with Gasteiger partial charge in [0.2, 0.25) is 0 Å². The van der Waals surface area contributed by atoms with Gasteiger partial charge in [-0.2, -0.15) is 0 Å². The molecule has 0 fully saturated rings. The summed E-state index contributed by atoms with van der Waals surface area (Å²) in [4.78, 5) is 24.3. The van der Waals surface area contributed by atoms with Crippen LogP contribution in [0.1, 0.15) is 0 Å². The lowest BCUT2D eigenvalue weighted by Crippen LogP contribution is -2.00. The van der Waals surface area contributed by atoms with Crippen LogP contribution in [0.4, 0.5) is 0 Å². The Bertz CT molecular complexity index is 3880. The van der Waals surface area contributed by atoms with Crippen molar-refractivity contribution in [2.24, 2.45) is 0 Å². The lowest BCUT2D eigenvalue weighted by Gasteiger charge is -2.16. The predicted octanol–water partition coefficient (Wildman–Crippen LogP) is 14.1. The highest BCUT2D eigenvalue weighted by Gasteiger charge is 2.24. The minimum absolute atomic E-state index is 0.589. The van der Waals surface area contributed by atoms with Gasteiger partial charge in [0.15, 0.2) is 23.3 Å². The number of hydrogen-bond acceptors (Lipinski definition) is 5. The second-order valence-corrected chi connectivity index (χ2v) is 16.0. The fourth-order valence-corrected chi connectivity index (χ4v) is 9.68. The monoisotopic (exact) mass is 802 g/mol. The van der Waals surface area contributed by atoms with Crippen LogP contribution < -0.4 is 0 Å². The highest BCUT2D eigenvalue weighted by molar-refractivity contribution is 6.32. The summed E-state index contributed by atoms with van der Waals surface area (Å²) in [6.45, 7) is 0. The van der Waals surface area contributed by atoms with Gasteiger partial charge in [0.25, 0.3) is 0 Å². The van der Waals surface area contributed by atoms with Crippen LogP contribution in [0.25, 0.3) is 127 Å². The van der Waals surface area contributed by atoms with Crippen LogP contribution in [0.5, 0.6) is 0 Å². The van der Waals surface area contributed by atoms with E-state index in [-0.39, 0.29) is 0 Å². The van der Waals surface area contributed by atoms with E-state index in [4.69, 9.17) is 15.0 Å². The number of nitrogens with zero attached hydrogens (tertiary/aromatic N) is 6. The molecule has 6 nitrogen and oxygen atoms in total. The number of hydrogen-bond donors (Lipinski definition) is 0. The zero-order valence-electron chi connectivity index (χ0n) is 33.8. The van der Waals surface area contributed by atoms with Crippen LogP contribution in [-0.2, 0) is 0 Å². The van der Waals surface area contributed by atoms with Crippen LogP contribution >= 0.6 is 0 Å². The van der Waals surface area contributed by atoms with Crippen LogP contribution in [0.3, 0.4) is 0 Å². The van der Waals surface area contributed by atoms with Gasteiger partial charge < -0.3 is 4.40 Å². The predicted molar refractivity (Wildman–Crippen MR) is 258 cm³/mol. The maximum Gasteiger partial charge on any atom is 0.164 e. The van der Waals surface area contributed by atoms with E-state index in [0.29, 0.717) is 23.3 Å². The summed E-state index contributed by atoms with van der Waals surface area (Å²) in [5.41, 5.74) is 11.8. The Kier molecular flexibility index (Phi) is 7.80. The summed E-state index contributed by atoms with van der Waals surface area (Å²) in [7, 11) is 0. The summed E-state index contributed by atoms with van der Waals surface area (Å²) < 4.78 is 2.54. The van der Waals surface area contributed by atoms with E-state index in [9.17, 15) is 0 Å². The molecule has 0 amide bonds. The average molecular weight is 803 g/mol. The molecule has 63 heavy (non-hydrogen) atoms. The first-order chi connectivity index (χ1) is 31.2. The van der Waals surface area contributed by atoms with Crippen molar-refractivity contribution in [3.63, 3.8) is 0 Å². The lowest BCUT2D eigenvalue weighted by molar-refractivity contribution is 1.07. The second kappa shape index (κ2) is 14.0. The molecule has 0 atom stereocenters. The Morgan fingerprint density at radius 3 is 1.62 bits per heavy atom. The van der Waals surface area contributed by atoms with E-state index in [1.807, 2.05) is 60.7 Å². The molecule has 0 aliphatic heterocycles. The summed E-state index contributed by atoms with van der Waals surface area (Å²) in [5, 5.41) is 9.94. The van der Waals surface area contributed by atoms with Crippen LogP contribution in [0.15, 0.2) is 207 Å². The van der Waals surface area contributed by atoms with Crippen molar-refractivity contribution in [2.45, 2.75) is 0 Å². The van der Waals surface area contributed by atoms with E-state index in [1.54, 1.807) is 12.4 Å². The molecule has 0 aliphatic carbocycles. The molecule has 0 unspecified atom stereocenters. The largest absolute Gasteiger partial charge is 0.307 e. The topological polar surface area (TPSA) is 68.9 Å². The van der Waals surface area contributed by atoms with Crippen molar-refractivity contribution in [3.8, 4) is 67.8 Å². The molecule has 0 bridgehead atoms. The Hall–Kier alpha value is -8.61. The van der Waals surface area contributed by atoms with Gasteiger partial charge in [0.1, 0.15) is 0 Å². The van der Waals surface area contributed by atoms with Crippen LogP contribution in [0, 0.1) is 0 Å². The summed E-state index contributed by atoms with van der Waals surface area (Å²) in [6.07, 6.45) is 3.51. The molecule has 9 aromatic carbocycles. The lowest BCUT2D eigenvalue weighted by atomic mass is 9.88. The number of fused-ring (bicyclic) bond motifs is 7. The van der Waals surface area contributed by atoms with Crippen molar-refractivity contribution in [3.05, 3.63) is 207 Å². The number of benzene rings is 9. The molecule has 6 heteroatoms. The van der Waals surface area contributed by atoms with Crippen LogP contribution in [-0.4, -0.2) is 29.3 Å². The molecule has 0 N–H and O–H groups in total. The maximum atomic E-state index is 5.18. The van der Waals surface area contributed by atoms with E-state index in [0.717, 1.165) is 38.9 Å². The van der Waals surface area contributed by atoms with Gasteiger partial charge in [-0.25, -0.2) is 24.9 Å². The standard InChI is InChI=1S/C57H34N6/c1-3-13-35(14-4-1)47-34-41(57-61-55(37-15-5-2-6-16-37)60-56(62-57)39-27-25-38(26-28-39)54-58-31-12-32-59-54)29-30-43(47)48-33-40-17-7-8-20-42(40)53-51(48)46-23-11-22-45-44-21-9-18-36-19-10-24-49(50(36)44)63(53)52(45)46/h1-34H. The smallest absolute Gasteiger partial charge is 0.164 e. The van der Waals surface area contributed by atoms with Crippen LogP contribution in [0.2, 0.25) is 0 Å². The van der Waals surface area contributed by atoms with Crippen molar-refractivity contribution in [1.82, 2.24) is 29.3 Å². The highest BCUT2D eigenvalue weighted by atomic mass is 15.0. The third-order valence-corrected chi connectivity index (χ3v) is 12.5. The van der Waals surface area contributed by atoms with Crippen molar-refractivity contribution < 1.29 is 0 Å². The molecule has 0 spiro atoms. The number of para-hydroxylation sites is 1. The van der Waals surface area contributed by atoms with Gasteiger partial charge >= 0.3 is 0 Å². The molecular weight excluding hydrogens is 769 g/mol. The van der Waals surface area contributed by atoms with Crippen molar-refractivity contribution in [1.29, 1.82) is 0 Å². The van der Waals surface area contributed by atoms with Gasteiger partial charge in [-0.05, 0) is 62.7 Å². The number of pyridine rings is 1. The zero-order valence-corrected chi connectivity index (χ0v) is 33.8. The third-order valence-electron chi connectivity index (χ3n) is 12.5. The Labute approximate surface area is 361 Å². The normalized spacial score (nSPS) is 11.8. The molecule has 4 aromatic heterocycles. The van der Waals surface area contributed by atoms with Gasteiger partial charge in [0.05, 0.1) is 16.6 Å². The van der Waals surface area contributed by atoms with Gasteiger partial charge in [-0.15, -0.1) is 0 Å². The second-order valence-electron chi connectivity index (χ2n) is 16.0. The average Bonchev–Trinajstić information content (AvgIpc) is 3.72. The van der Waals surface area contributed by atoms with Gasteiger partial charge in [0, 0.05) is 61.6 Å². The molecule has 292 valence electrons. The maximum absolute atomic E-state index is 5.18. The zero-order chi connectivity index (χ0) is 41.4. The van der Waals surface area contributed by atoms with E-state index < -0.39 is 0 Å². The first-order valence-corrected chi connectivity index (χ1v) is 21.2. The molecule has 13 aromatic rings. The molecule has 0 saturated carbocycles. The van der Waals surface area contributed by atoms with Gasteiger partial charge in [-0.3, -0.25) is 0 Å². The first-order valence-electron chi connectivity index (χ1n) is 21.2. The van der Waals surface area contributed by atoms with E-state index in [1.165, 1.54) is 65.2 Å². The number of aromatic nitrogens is 6. The Morgan fingerprint density at radius 1 is 0.302 bits per heavy atom. The molecule has 0 aliphatic rings. The molecule has 0 saturated heterocycles. The van der Waals surface area contributed by atoms with Crippen molar-refractivity contribution >= 4 is 59.6 Å². The SMILES string of the molecule is c1ccc(-c2nc(-c3ccc(-c4ncccn4)cc3)nc(-c3ccc(-c4cc5ccccc5c5c4c4cccc6c7cccc8cccc(c87)n5c64)c(-c4ccccc4)c3)n2)cc1. The summed E-state index contributed by atoms with van der Waals surface area (Å²) >= 11 is 0. The Morgan fingerprint density at radius 2 is 0.857 bits per heavy atom. The molecule has 0 radical (unpaired) electrons. The quantitative estimate of drug-likeness (QED) is 0.124. The number of rotatable bonds is 6. The molecular formula is C57H34N6. The fourth-order valence-electron chi connectivity index (χ4n) is 9.68. The molecule has 4 heterocycles. The summed E-state index contributed by atoms with van der Waals surface area (Å²) in [5.74, 6) is 2.46. The van der Waals surface area contributed by atoms with Crippen molar-refractivity contribution in [2.75, 3.05) is 0 Å². The van der Waals surface area contributed by atoms with Gasteiger partial charge in [-0.1, -0.05) is 170 Å². The van der Waals surface area contributed by atoms with E-state index in [2.05, 4.69) is 148 Å². The Balaban J connectivity index is 1.07. The third kappa shape index (κ3) is 5.55. The molecule has 13 rings (SSSR count). The van der Waals surface area contributed by atoms with E-state index >= 15 is 0 Å².